The van der Waals surface area contributed by atoms with E-state index >= 15 is 0 Å². The number of amides is 1. The Balaban J connectivity index is 1.30. The summed E-state index contributed by atoms with van der Waals surface area (Å²) in [5.74, 6) is 0.194. The summed E-state index contributed by atoms with van der Waals surface area (Å²) < 4.78 is 18.9. The lowest BCUT2D eigenvalue weighted by Gasteiger charge is -2.36. The molecule has 4 aromatic rings. The number of aromatic nitrogens is 2. The lowest BCUT2D eigenvalue weighted by Crippen LogP contribution is -2.48. The normalized spacial score (nSPS) is 13.9. The molecule has 2 heterocycles. The van der Waals surface area contributed by atoms with Crippen molar-refractivity contribution in [2.45, 2.75) is 0 Å². The van der Waals surface area contributed by atoms with Crippen molar-refractivity contribution in [1.82, 2.24) is 15.0 Å². The fourth-order valence-corrected chi connectivity index (χ4v) is 3.86. The van der Waals surface area contributed by atoms with Crippen LogP contribution >= 0.6 is 0 Å². The van der Waals surface area contributed by atoms with Crippen molar-refractivity contribution in [1.29, 1.82) is 0 Å². The van der Waals surface area contributed by atoms with Gasteiger partial charge in [0.05, 0.1) is 0 Å². The van der Waals surface area contributed by atoms with Crippen molar-refractivity contribution in [3.63, 3.8) is 0 Å². The number of carbonyl (C=O) groups excluding carboxylic acids is 1. The molecule has 1 amide bonds. The average Bonchev–Trinajstić information content (AvgIpc) is 3.35. The Labute approximate surface area is 184 Å². The SMILES string of the molecule is O=C(c1cccc(-c2nc(-c3cccc(F)c3)no2)c1)N1CCN(c2ccccc2)CC1. The van der Waals surface area contributed by atoms with Crippen molar-refractivity contribution >= 4 is 11.6 Å². The molecule has 1 aliphatic rings. The topological polar surface area (TPSA) is 62.5 Å². The predicted octanol–water partition coefficient (Wildman–Crippen LogP) is 4.51. The van der Waals surface area contributed by atoms with E-state index in [0.717, 1.165) is 13.1 Å². The molecule has 160 valence electrons. The first-order valence-electron chi connectivity index (χ1n) is 10.5. The lowest BCUT2D eigenvalue weighted by molar-refractivity contribution is 0.0747. The summed E-state index contributed by atoms with van der Waals surface area (Å²) in [6.07, 6.45) is 0. The minimum atomic E-state index is -0.367. The highest BCUT2D eigenvalue weighted by Crippen LogP contribution is 2.24. The zero-order valence-corrected chi connectivity index (χ0v) is 17.3. The van der Waals surface area contributed by atoms with E-state index in [4.69, 9.17) is 4.52 Å². The number of benzene rings is 3. The monoisotopic (exact) mass is 428 g/mol. The van der Waals surface area contributed by atoms with Crippen molar-refractivity contribution < 1.29 is 13.7 Å². The summed E-state index contributed by atoms with van der Waals surface area (Å²) in [6.45, 7) is 2.89. The van der Waals surface area contributed by atoms with Crippen LogP contribution in [0.25, 0.3) is 22.8 Å². The van der Waals surface area contributed by atoms with Gasteiger partial charge in [0.2, 0.25) is 5.82 Å². The van der Waals surface area contributed by atoms with Crippen LogP contribution in [-0.2, 0) is 0 Å². The number of rotatable bonds is 4. The Kier molecular flexibility index (Phi) is 5.37. The van der Waals surface area contributed by atoms with Gasteiger partial charge in [-0.2, -0.15) is 4.98 Å². The van der Waals surface area contributed by atoms with Gasteiger partial charge in [0.15, 0.2) is 0 Å². The van der Waals surface area contributed by atoms with Crippen molar-refractivity contribution in [2.75, 3.05) is 31.1 Å². The van der Waals surface area contributed by atoms with Crippen molar-refractivity contribution in [3.05, 3.63) is 90.2 Å². The fraction of sp³-hybridized carbons (Fsp3) is 0.160. The molecule has 1 saturated heterocycles. The smallest absolute Gasteiger partial charge is 0.258 e. The number of anilines is 1. The molecule has 7 heteroatoms. The van der Waals surface area contributed by atoms with Crippen molar-refractivity contribution in [2.24, 2.45) is 0 Å². The van der Waals surface area contributed by atoms with Crippen LogP contribution in [-0.4, -0.2) is 47.1 Å². The second-order valence-electron chi connectivity index (χ2n) is 7.63. The van der Waals surface area contributed by atoms with E-state index < -0.39 is 0 Å². The average molecular weight is 428 g/mol. The molecule has 0 saturated carbocycles. The van der Waals surface area contributed by atoms with Gasteiger partial charge in [-0.15, -0.1) is 0 Å². The van der Waals surface area contributed by atoms with Crippen LogP contribution in [0.15, 0.2) is 83.4 Å². The van der Waals surface area contributed by atoms with Gasteiger partial charge in [0, 0.05) is 48.6 Å². The van der Waals surface area contributed by atoms with Gasteiger partial charge >= 0.3 is 0 Å². The molecule has 1 fully saturated rings. The van der Waals surface area contributed by atoms with Crippen LogP contribution in [0.5, 0.6) is 0 Å². The number of hydrogen-bond donors (Lipinski definition) is 0. The standard InChI is InChI=1S/C25H21FN4O2/c26-21-9-5-6-18(17-21)23-27-24(32-28-23)19-7-4-8-20(16-19)25(31)30-14-12-29(13-15-30)22-10-2-1-3-11-22/h1-11,16-17H,12-15H2. The number of carbonyl (C=O) groups is 1. The zero-order valence-electron chi connectivity index (χ0n) is 17.3. The molecule has 5 rings (SSSR count). The minimum absolute atomic E-state index is 0.0237. The third-order valence-electron chi connectivity index (χ3n) is 5.55. The van der Waals surface area contributed by atoms with Crippen LogP contribution in [0, 0.1) is 5.82 Å². The van der Waals surface area contributed by atoms with E-state index in [9.17, 15) is 9.18 Å². The molecule has 0 atom stereocenters. The summed E-state index contributed by atoms with van der Waals surface area (Å²) in [7, 11) is 0. The molecule has 0 bridgehead atoms. The molecule has 0 radical (unpaired) electrons. The Morgan fingerprint density at radius 2 is 1.59 bits per heavy atom. The van der Waals surface area contributed by atoms with Gasteiger partial charge in [0.1, 0.15) is 5.82 Å². The minimum Gasteiger partial charge on any atom is -0.368 e. The highest BCUT2D eigenvalue weighted by molar-refractivity contribution is 5.95. The van der Waals surface area contributed by atoms with Crippen LogP contribution in [0.2, 0.25) is 0 Å². The molecule has 0 N–H and O–H groups in total. The first-order chi connectivity index (χ1) is 15.7. The molecule has 0 aliphatic carbocycles. The number of nitrogens with zero attached hydrogens (tertiary/aromatic N) is 4. The predicted molar refractivity (Wildman–Crippen MR) is 120 cm³/mol. The summed E-state index contributed by atoms with van der Waals surface area (Å²) in [5, 5.41) is 3.95. The Hall–Kier alpha value is -4.00. The molecule has 3 aromatic carbocycles. The Morgan fingerprint density at radius 1 is 0.844 bits per heavy atom. The maximum Gasteiger partial charge on any atom is 0.258 e. The molecule has 1 aromatic heterocycles. The van der Waals surface area contributed by atoms with E-state index in [1.807, 2.05) is 29.2 Å². The van der Waals surface area contributed by atoms with Gasteiger partial charge < -0.3 is 14.3 Å². The quantitative estimate of drug-likeness (QED) is 0.479. The summed E-state index contributed by atoms with van der Waals surface area (Å²) in [4.78, 5) is 21.6. The Bertz CT molecular complexity index is 1230. The van der Waals surface area contributed by atoms with Crippen molar-refractivity contribution in [3.8, 4) is 22.8 Å². The molecule has 0 unspecified atom stereocenters. The van der Waals surface area contributed by atoms with Gasteiger partial charge in [-0.1, -0.05) is 41.6 Å². The number of halogens is 1. The zero-order chi connectivity index (χ0) is 21.9. The summed E-state index contributed by atoms with van der Waals surface area (Å²) in [6, 6.07) is 23.4. The Morgan fingerprint density at radius 3 is 2.38 bits per heavy atom. The van der Waals surface area contributed by atoms with Gasteiger partial charge in [-0.3, -0.25) is 4.79 Å². The maximum atomic E-state index is 13.5. The van der Waals surface area contributed by atoms with E-state index in [1.54, 1.807) is 30.3 Å². The van der Waals surface area contributed by atoms with Gasteiger partial charge in [0.25, 0.3) is 11.8 Å². The highest BCUT2D eigenvalue weighted by Gasteiger charge is 2.23. The third kappa shape index (κ3) is 4.09. The highest BCUT2D eigenvalue weighted by atomic mass is 19.1. The molecule has 1 aliphatic heterocycles. The summed E-state index contributed by atoms with van der Waals surface area (Å²) in [5.41, 5.74) is 2.92. The fourth-order valence-electron chi connectivity index (χ4n) is 3.86. The molecule has 0 spiro atoms. The molecular formula is C25H21FN4O2. The largest absolute Gasteiger partial charge is 0.368 e. The maximum absolute atomic E-state index is 13.5. The lowest BCUT2D eigenvalue weighted by atomic mass is 10.1. The third-order valence-corrected chi connectivity index (χ3v) is 5.55. The van der Waals surface area contributed by atoms with Gasteiger partial charge in [-0.05, 0) is 42.5 Å². The van der Waals surface area contributed by atoms with E-state index in [1.165, 1.54) is 17.8 Å². The first-order valence-corrected chi connectivity index (χ1v) is 10.5. The van der Waals surface area contributed by atoms with Crippen LogP contribution < -0.4 is 4.90 Å². The second kappa shape index (κ2) is 8.63. The second-order valence-corrected chi connectivity index (χ2v) is 7.63. The van der Waals surface area contributed by atoms with Crippen LogP contribution in [0.3, 0.4) is 0 Å². The molecule has 6 nitrogen and oxygen atoms in total. The van der Waals surface area contributed by atoms with E-state index in [0.29, 0.717) is 35.6 Å². The van der Waals surface area contributed by atoms with E-state index in [-0.39, 0.29) is 17.6 Å². The van der Waals surface area contributed by atoms with Crippen LogP contribution in [0.4, 0.5) is 10.1 Å². The van der Waals surface area contributed by atoms with Gasteiger partial charge in [-0.25, -0.2) is 4.39 Å². The number of piperazine rings is 1. The first kappa shape index (κ1) is 19.9. The van der Waals surface area contributed by atoms with E-state index in [2.05, 4.69) is 27.2 Å². The number of hydrogen-bond acceptors (Lipinski definition) is 5. The molecular weight excluding hydrogens is 407 g/mol. The summed E-state index contributed by atoms with van der Waals surface area (Å²) >= 11 is 0. The number of para-hydroxylation sites is 1. The van der Waals surface area contributed by atoms with Crippen LogP contribution in [0.1, 0.15) is 10.4 Å². The molecule has 32 heavy (non-hydrogen) atoms.